The summed E-state index contributed by atoms with van der Waals surface area (Å²) in [6.45, 7) is 0.428. The first kappa shape index (κ1) is 16.0. The summed E-state index contributed by atoms with van der Waals surface area (Å²) in [6, 6.07) is 4.79. The van der Waals surface area contributed by atoms with Crippen LogP contribution in [-0.2, 0) is 13.6 Å². The summed E-state index contributed by atoms with van der Waals surface area (Å²) >= 11 is 6.12. The van der Waals surface area contributed by atoms with Crippen LogP contribution in [0.4, 0.5) is 10.5 Å². The summed E-state index contributed by atoms with van der Waals surface area (Å²) < 4.78 is 12.2. The summed E-state index contributed by atoms with van der Waals surface area (Å²) in [5.41, 5.74) is 1.46. The molecule has 118 valence electrons. The highest BCUT2D eigenvalue weighted by Gasteiger charge is 2.12. The molecule has 1 heterocycles. The van der Waals surface area contributed by atoms with Crippen molar-refractivity contribution < 1.29 is 14.3 Å². The predicted octanol–water partition coefficient (Wildman–Crippen LogP) is 3.02. The number of rotatable bonds is 5. The molecule has 2 aromatic rings. The standard InChI is InChI=1S/C15H18ClN3O3/c1-19-5-4-10(9-19)8-17-15(20)18-12-7-14(22-3)13(21-2)6-11(12)16/h4-7,9H,8H2,1-3H3,(H2,17,18,20). The number of carbonyl (C=O) groups is 1. The minimum absolute atomic E-state index is 0.349. The largest absolute Gasteiger partial charge is 0.493 e. The summed E-state index contributed by atoms with van der Waals surface area (Å²) in [5.74, 6) is 0.994. The lowest BCUT2D eigenvalue weighted by Crippen LogP contribution is -2.28. The number of aryl methyl sites for hydroxylation is 1. The van der Waals surface area contributed by atoms with Crippen LogP contribution in [0, 0.1) is 0 Å². The molecule has 0 bridgehead atoms. The fourth-order valence-corrected chi connectivity index (χ4v) is 2.17. The Morgan fingerprint density at radius 2 is 1.95 bits per heavy atom. The van der Waals surface area contributed by atoms with Gasteiger partial charge in [0.2, 0.25) is 0 Å². The fraction of sp³-hybridized carbons (Fsp3) is 0.267. The van der Waals surface area contributed by atoms with Gasteiger partial charge in [-0.15, -0.1) is 0 Å². The normalized spacial score (nSPS) is 10.2. The van der Waals surface area contributed by atoms with Crippen LogP contribution in [-0.4, -0.2) is 24.8 Å². The van der Waals surface area contributed by atoms with Crippen molar-refractivity contribution in [2.24, 2.45) is 7.05 Å². The molecule has 6 nitrogen and oxygen atoms in total. The summed E-state index contributed by atoms with van der Waals surface area (Å²) in [7, 11) is 4.96. The van der Waals surface area contributed by atoms with E-state index in [0.717, 1.165) is 5.56 Å². The van der Waals surface area contributed by atoms with Gasteiger partial charge in [0.15, 0.2) is 11.5 Å². The number of benzene rings is 1. The Hall–Kier alpha value is -2.34. The number of anilines is 1. The average Bonchev–Trinajstić information content (AvgIpc) is 2.92. The second kappa shape index (κ2) is 7.09. The molecule has 0 unspecified atom stereocenters. The van der Waals surface area contributed by atoms with Gasteiger partial charge in [0.1, 0.15) is 0 Å². The zero-order chi connectivity index (χ0) is 16.1. The van der Waals surface area contributed by atoms with Crippen LogP contribution in [0.3, 0.4) is 0 Å². The number of nitrogens with one attached hydrogen (secondary N) is 2. The molecule has 1 aromatic heterocycles. The van der Waals surface area contributed by atoms with Gasteiger partial charge >= 0.3 is 6.03 Å². The molecule has 7 heteroatoms. The van der Waals surface area contributed by atoms with Gasteiger partial charge in [-0.3, -0.25) is 0 Å². The maximum atomic E-state index is 11.9. The molecule has 0 saturated carbocycles. The molecule has 0 spiro atoms. The Labute approximate surface area is 134 Å². The van der Waals surface area contributed by atoms with E-state index < -0.39 is 0 Å². The van der Waals surface area contributed by atoms with E-state index in [0.29, 0.717) is 28.8 Å². The zero-order valence-electron chi connectivity index (χ0n) is 12.6. The highest BCUT2D eigenvalue weighted by molar-refractivity contribution is 6.34. The zero-order valence-corrected chi connectivity index (χ0v) is 13.4. The number of aromatic nitrogens is 1. The molecule has 0 aliphatic heterocycles. The van der Waals surface area contributed by atoms with Gasteiger partial charge in [-0.2, -0.15) is 0 Å². The summed E-state index contributed by atoms with van der Waals surface area (Å²) in [4.78, 5) is 11.9. The number of nitrogens with zero attached hydrogens (tertiary/aromatic N) is 1. The van der Waals surface area contributed by atoms with Crippen LogP contribution in [0.5, 0.6) is 11.5 Å². The van der Waals surface area contributed by atoms with E-state index in [-0.39, 0.29) is 6.03 Å². The monoisotopic (exact) mass is 323 g/mol. The molecule has 0 aliphatic rings. The molecular weight excluding hydrogens is 306 g/mol. The number of ether oxygens (including phenoxy) is 2. The molecule has 2 N–H and O–H groups in total. The Kier molecular flexibility index (Phi) is 5.16. The molecule has 22 heavy (non-hydrogen) atoms. The molecule has 0 aliphatic carbocycles. The lowest BCUT2D eigenvalue weighted by Gasteiger charge is -2.13. The number of methoxy groups -OCH3 is 2. The second-order valence-corrected chi connectivity index (χ2v) is 5.09. The third kappa shape index (κ3) is 3.85. The van der Waals surface area contributed by atoms with Crippen molar-refractivity contribution in [3.8, 4) is 11.5 Å². The molecular formula is C15H18ClN3O3. The van der Waals surface area contributed by atoms with E-state index in [1.165, 1.54) is 14.2 Å². The molecule has 1 aromatic carbocycles. The van der Waals surface area contributed by atoms with Crippen molar-refractivity contribution in [2.75, 3.05) is 19.5 Å². The molecule has 0 radical (unpaired) electrons. The van der Waals surface area contributed by atoms with Crippen LogP contribution < -0.4 is 20.1 Å². The topological polar surface area (TPSA) is 64.5 Å². The molecule has 0 fully saturated rings. The van der Waals surface area contributed by atoms with Gasteiger partial charge in [0.25, 0.3) is 0 Å². The van der Waals surface area contributed by atoms with Crippen molar-refractivity contribution in [1.82, 2.24) is 9.88 Å². The first-order valence-electron chi connectivity index (χ1n) is 6.60. The van der Waals surface area contributed by atoms with Gasteiger partial charge in [0.05, 0.1) is 24.9 Å². The Bertz CT molecular complexity index is 670. The Morgan fingerprint density at radius 3 is 2.55 bits per heavy atom. The number of hydrogen-bond donors (Lipinski definition) is 2. The molecule has 0 saturated heterocycles. The third-order valence-electron chi connectivity index (χ3n) is 3.07. The van der Waals surface area contributed by atoms with E-state index >= 15 is 0 Å². The van der Waals surface area contributed by atoms with E-state index in [4.69, 9.17) is 21.1 Å². The van der Waals surface area contributed by atoms with Gasteiger partial charge in [-0.1, -0.05) is 11.6 Å². The van der Waals surface area contributed by atoms with Gasteiger partial charge in [-0.25, -0.2) is 4.79 Å². The van der Waals surface area contributed by atoms with Gasteiger partial charge < -0.3 is 24.7 Å². The number of halogens is 1. The maximum Gasteiger partial charge on any atom is 0.319 e. The quantitative estimate of drug-likeness (QED) is 0.889. The van der Waals surface area contributed by atoms with Crippen molar-refractivity contribution in [3.05, 3.63) is 41.2 Å². The van der Waals surface area contributed by atoms with Crippen LogP contribution in [0.1, 0.15) is 5.56 Å². The minimum Gasteiger partial charge on any atom is -0.493 e. The lowest BCUT2D eigenvalue weighted by molar-refractivity contribution is 0.251. The SMILES string of the molecule is COc1cc(Cl)c(NC(=O)NCc2ccn(C)c2)cc1OC. The second-order valence-electron chi connectivity index (χ2n) is 4.68. The number of urea groups is 1. The van der Waals surface area contributed by atoms with E-state index in [9.17, 15) is 4.79 Å². The molecule has 2 rings (SSSR count). The maximum absolute atomic E-state index is 11.9. The first-order chi connectivity index (χ1) is 10.5. The highest BCUT2D eigenvalue weighted by Crippen LogP contribution is 2.35. The van der Waals surface area contributed by atoms with Crippen molar-refractivity contribution >= 4 is 23.3 Å². The van der Waals surface area contributed by atoms with E-state index in [1.54, 1.807) is 12.1 Å². The third-order valence-corrected chi connectivity index (χ3v) is 3.38. The van der Waals surface area contributed by atoms with Crippen LogP contribution in [0.25, 0.3) is 0 Å². The number of amides is 2. The Morgan fingerprint density at radius 1 is 1.27 bits per heavy atom. The van der Waals surface area contributed by atoms with Gasteiger partial charge in [0, 0.05) is 38.1 Å². The van der Waals surface area contributed by atoms with Crippen LogP contribution in [0.15, 0.2) is 30.6 Å². The van der Waals surface area contributed by atoms with Crippen LogP contribution >= 0.6 is 11.6 Å². The number of hydrogen-bond acceptors (Lipinski definition) is 3. The minimum atomic E-state index is -0.349. The summed E-state index contributed by atoms with van der Waals surface area (Å²) in [5, 5.41) is 5.82. The first-order valence-corrected chi connectivity index (χ1v) is 6.98. The Balaban J connectivity index is 2.01. The lowest BCUT2D eigenvalue weighted by atomic mass is 10.2. The summed E-state index contributed by atoms with van der Waals surface area (Å²) in [6.07, 6.45) is 3.85. The smallest absolute Gasteiger partial charge is 0.319 e. The molecule has 0 atom stereocenters. The fourth-order valence-electron chi connectivity index (χ4n) is 1.96. The predicted molar refractivity (Wildman–Crippen MR) is 85.8 cm³/mol. The average molecular weight is 324 g/mol. The van der Waals surface area contributed by atoms with E-state index in [2.05, 4.69) is 10.6 Å². The van der Waals surface area contributed by atoms with Crippen LogP contribution in [0.2, 0.25) is 5.02 Å². The molecule has 2 amide bonds. The van der Waals surface area contributed by atoms with Crippen molar-refractivity contribution in [1.29, 1.82) is 0 Å². The van der Waals surface area contributed by atoms with E-state index in [1.807, 2.05) is 30.1 Å². The number of carbonyl (C=O) groups excluding carboxylic acids is 1. The van der Waals surface area contributed by atoms with Crippen molar-refractivity contribution in [2.45, 2.75) is 6.54 Å². The van der Waals surface area contributed by atoms with Gasteiger partial charge in [-0.05, 0) is 11.6 Å². The highest BCUT2D eigenvalue weighted by atomic mass is 35.5. The van der Waals surface area contributed by atoms with Crippen molar-refractivity contribution in [3.63, 3.8) is 0 Å².